The summed E-state index contributed by atoms with van der Waals surface area (Å²) in [5.41, 5.74) is 1.38. The molecule has 1 fully saturated rings. The molecule has 1 aromatic carbocycles. The number of morpholine rings is 1. The highest BCUT2D eigenvalue weighted by Crippen LogP contribution is 2.26. The molecule has 0 unspecified atom stereocenters. The van der Waals surface area contributed by atoms with Crippen LogP contribution in [0.15, 0.2) is 36.9 Å². The van der Waals surface area contributed by atoms with Crippen LogP contribution in [0.5, 0.6) is 0 Å². The average molecular weight is 299 g/mol. The van der Waals surface area contributed by atoms with Gasteiger partial charge in [-0.1, -0.05) is 18.2 Å². The molecular formula is C15H16F3NO2. The molecule has 0 N–H and O–H groups in total. The molecule has 1 saturated heterocycles. The van der Waals surface area contributed by atoms with Gasteiger partial charge in [0.05, 0.1) is 13.2 Å². The van der Waals surface area contributed by atoms with E-state index < -0.39 is 24.7 Å². The Morgan fingerprint density at radius 3 is 2.62 bits per heavy atom. The van der Waals surface area contributed by atoms with Gasteiger partial charge in [-0.2, -0.15) is 13.2 Å². The molecule has 0 radical (unpaired) electrons. The van der Waals surface area contributed by atoms with Crippen molar-refractivity contribution in [1.82, 2.24) is 4.90 Å². The maximum absolute atomic E-state index is 12.6. The number of halogens is 3. The number of hydrogen-bond donors (Lipinski definition) is 0. The largest absolute Gasteiger partial charge is 0.416 e. The van der Waals surface area contributed by atoms with Gasteiger partial charge in [0.25, 0.3) is 5.91 Å². The highest BCUT2D eigenvalue weighted by molar-refractivity contribution is 5.94. The van der Waals surface area contributed by atoms with E-state index in [1.54, 1.807) is 30.3 Å². The van der Waals surface area contributed by atoms with Crippen LogP contribution in [0, 0.1) is 0 Å². The first-order valence-electron chi connectivity index (χ1n) is 6.59. The first-order chi connectivity index (χ1) is 9.91. The number of ether oxygens (including phenoxy) is 1. The Bertz CT molecular complexity index is 511. The number of amides is 1. The fourth-order valence-corrected chi connectivity index (χ4v) is 2.16. The summed E-state index contributed by atoms with van der Waals surface area (Å²) in [5, 5.41) is 0. The van der Waals surface area contributed by atoms with E-state index in [4.69, 9.17) is 0 Å². The molecule has 3 nitrogen and oxygen atoms in total. The zero-order valence-corrected chi connectivity index (χ0v) is 11.4. The Morgan fingerprint density at radius 1 is 1.38 bits per heavy atom. The van der Waals surface area contributed by atoms with Crippen molar-refractivity contribution in [2.75, 3.05) is 19.7 Å². The fraction of sp³-hybridized carbons (Fsp3) is 0.400. The summed E-state index contributed by atoms with van der Waals surface area (Å²) in [7, 11) is 0. The van der Waals surface area contributed by atoms with Crippen LogP contribution in [0.25, 0.3) is 0 Å². The van der Waals surface area contributed by atoms with Crippen molar-refractivity contribution in [2.45, 2.75) is 18.7 Å². The Labute approximate surface area is 121 Å². The minimum absolute atomic E-state index is 0.107. The van der Waals surface area contributed by atoms with Crippen LogP contribution in [0.2, 0.25) is 0 Å². The monoisotopic (exact) mass is 299 g/mol. The molecule has 0 aliphatic carbocycles. The van der Waals surface area contributed by atoms with Crippen molar-refractivity contribution >= 4 is 5.91 Å². The third kappa shape index (κ3) is 3.85. The highest BCUT2D eigenvalue weighted by atomic mass is 19.4. The Balaban J connectivity index is 2.06. The van der Waals surface area contributed by atoms with Crippen molar-refractivity contribution in [3.63, 3.8) is 0 Å². The van der Waals surface area contributed by atoms with Crippen molar-refractivity contribution in [2.24, 2.45) is 0 Å². The molecule has 0 bridgehead atoms. The second-order valence-corrected chi connectivity index (χ2v) is 4.84. The molecule has 0 spiro atoms. The summed E-state index contributed by atoms with van der Waals surface area (Å²) in [4.78, 5) is 13.4. The first-order valence-corrected chi connectivity index (χ1v) is 6.59. The van der Waals surface area contributed by atoms with Crippen molar-refractivity contribution in [1.29, 1.82) is 0 Å². The lowest BCUT2D eigenvalue weighted by Gasteiger charge is -2.33. The van der Waals surface area contributed by atoms with Gasteiger partial charge in [0.1, 0.15) is 0 Å². The van der Waals surface area contributed by atoms with Crippen LogP contribution in [0.1, 0.15) is 15.9 Å². The minimum atomic E-state index is -4.45. The van der Waals surface area contributed by atoms with E-state index >= 15 is 0 Å². The topological polar surface area (TPSA) is 29.5 Å². The van der Waals surface area contributed by atoms with E-state index in [1.807, 2.05) is 0 Å². The van der Waals surface area contributed by atoms with Gasteiger partial charge >= 0.3 is 6.18 Å². The third-order valence-corrected chi connectivity index (χ3v) is 3.30. The predicted octanol–water partition coefficient (Wildman–Crippen LogP) is 2.82. The summed E-state index contributed by atoms with van der Waals surface area (Å²) in [5.74, 6) is -0.405. The summed E-state index contributed by atoms with van der Waals surface area (Å²) in [6, 6.07) is 6.80. The average Bonchev–Trinajstić information content (AvgIpc) is 2.47. The highest BCUT2D eigenvalue weighted by Gasteiger charge is 2.44. The second-order valence-electron chi connectivity index (χ2n) is 4.84. The lowest BCUT2D eigenvalue weighted by atomic mass is 10.1. The quantitative estimate of drug-likeness (QED) is 0.803. The maximum Gasteiger partial charge on any atom is 0.416 e. The molecule has 1 aromatic rings. The van der Waals surface area contributed by atoms with Gasteiger partial charge in [0, 0.05) is 12.1 Å². The van der Waals surface area contributed by atoms with E-state index in [1.165, 1.54) is 4.90 Å². The number of hydrogen-bond acceptors (Lipinski definition) is 2. The molecule has 1 aliphatic heterocycles. The SMILES string of the molecule is C=CCc1ccc(C(=O)N2CCO[C@H](C(F)(F)F)C2)cc1. The summed E-state index contributed by atoms with van der Waals surface area (Å²) in [6.07, 6.45) is -3.93. The molecule has 1 atom stereocenters. The second kappa shape index (κ2) is 6.30. The number of carbonyl (C=O) groups is 1. The van der Waals surface area contributed by atoms with Crippen LogP contribution in [0.3, 0.4) is 0 Å². The Morgan fingerprint density at radius 2 is 2.05 bits per heavy atom. The molecule has 2 rings (SSSR count). The van der Waals surface area contributed by atoms with Gasteiger partial charge in [-0.25, -0.2) is 0 Å². The van der Waals surface area contributed by atoms with E-state index in [-0.39, 0.29) is 13.2 Å². The van der Waals surface area contributed by atoms with Gasteiger partial charge < -0.3 is 9.64 Å². The van der Waals surface area contributed by atoms with E-state index in [2.05, 4.69) is 11.3 Å². The zero-order chi connectivity index (χ0) is 15.5. The fourth-order valence-electron chi connectivity index (χ4n) is 2.16. The molecule has 1 amide bonds. The van der Waals surface area contributed by atoms with E-state index in [0.717, 1.165) is 5.56 Å². The summed E-state index contributed by atoms with van der Waals surface area (Å²) >= 11 is 0. The van der Waals surface area contributed by atoms with Crippen LogP contribution in [-0.4, -0.2) is 42.8 Å². The third-order valence-electron chi connectivity index (χ3n) is 3.30. The molecule has 6 heteroatoms. The number of allylic oxidation sites excluding steroid dienone is 1. The minimum Gasteiger partial charge on any atom is -0.365 e. The standard InChI is InChI=1S/C15H16F3NO2/c1-2-3-11-4-6-12(7-5-11)14(20)19-8-9-21-13(10-19)15(16,17)18/h2,4-7,13H,1,3,8-10H2/t13-/m0/s1. The number of carbonyl (C=O) groups excluding carboxylic acids is 1. The van der Waals surface area contributed by atoms with Crippen LogP contribution >= 0.6 is 0 Å². The predicted molar refractivity (Wildman–Crippen MR) is 72.0 cm³/mol. The molecule has 0 saturated carbocycles. The van der Waals surface area contributed by atoms with Gasteiger partial charge in [-0.15, -0.1) is 6.58 Å². The van der Waals surface area contributed by atoms with Gasteiger partial charge in [0.15, 0.2) is 6.10 Å². The van der Waals surface area contributed by atoms with E-state index in [0.29, 0.717) is 12.0 Å². The molecule has 1 heterocycles. The smallest absolute Gasteiger partial charge is 0.365 e. The van der Waals surface area contributed by atoms with E-state index in [9.17, 15) is 18.0 Å². The molecule has 0 aromatic heterocycles. The molecule has 21 heavy (non-hydrogen) atoms. The zero-order valence-electron chi connectivity index (χ0n) is 11.4. The van der Waals surface area contributed by atoms with Crippen LogP contribution in [-0.2, 0) is 11.2 Å². The number of rotatable bonds is 3. The number of nitrogens with zero attached hydrogens (tertiary/aromatic N) is 1. The van der Waals surface area contributed by atoms with Crippen molar-refractivity contribution < 1.29 is 22.7 Å². The normalized spacial score (nSPS) is 19.4. The van der Waals surface area contributed by atoms with Gasteiger partial charge in [-0.3, -0.25) is 4.79 Å². The molecule has 114 valence electrons. The number of alkyl halides is 3. The summed E-state index contributed by atoms with van der Waals surface area (Å²) < 4.78 is 42.6. The van der Waals surface area contributed by atoms with Gasteiger partial charge in [-0.05, 0) is 24.1 Å². The Hall–Kier alpha value is -1.82. The lowest BCUT2D eigenvalue weighted by Crippen LogP contribution is -2.51. The van der Waals surface area contributed by atoms with Crippen molar-refractivity contribution in [3.8, 4) is 0 Å². The lowest BCUT2D eigenvalue weighted by molar-refractivity contribution is -0.233. The first kappa shape index (κ1) is 15.6. The van der Waals surface area contributed by atoms with Gasteiger partial charge in [0.2, 0.25) is 0 Å². The van der Waals surface area contributed by atoms with Crippen molar-refractivity contribution in [3.05, 3.63) is 48.0 Å². The molecule has 1 aliphatic rings. The van der Waals surface area contributed by atoms with Crippen LogP contribution < -0.4 is 0 Å². The number of benzene rings is 1. The summed E-state index contributed by atoms with van der Waals surface area (Å²) in [6.45, 7) is 3.22. The van der Waals surface area contributed by atoms with Crippen LogP contribution in [0.4, 0.5) is 13.2 Å². The Kier molecular flexibility index (Phi) is 4.67. The molecular weight excluding hydrogens is 283 g/mol. The maximum atomic E-state index is 12.6.